The van der Waals surface area contributed by atoms with Gasteiger partial charge in [0.25, 0.3) is 0 Å². The zero-order valence-corrected chi connectivity index (χ0v) is 11.6. The number of aromatic nitrogens is 2. The van der Waals surface area contributed by atoms with Crippen LogP contribution in [0, 0.1) is 0 Å². The summed E-state index contributed by atoms with van der Waals surface area (Å²) in [6.07, 6.45) is 6.35. The standard InChI is InChI=1S/C14H21N3O2/c1-14(2)18-8-10(19-14)7-15-13-11-5-3-4-6-12(11)16-9-17-13/h9-10H,3-8H2,1-2H3,(H,15,16,17). The molecule has 5 nitrogen and oxygen atoms in total. The van der Waals surface area contributed by atoms with Gasteiger partial charge < -0.3 is 14.8 Å². The van der Waals surface area contributed by atoms with Gasteiger partial charge in [-0.1, -0.05) is 0 Å². The van der Waals surface area contributed by atoms with Crippen LogP contribution < -0.4 is 5.32 Å². The Morgan fingerprint density at radius 1 is 1.32 bits per heavy atom. The van der Waals surface area contributed by atoms with E-state index in [-0.39, 0.29) is 6.10 Å². The number of rotatable bonds is 3. The summed E-state index contributed by atoms with van der Waals surface area (Å²) < 4.78 is 11.3. The molecule has 1 atom stereocenters. The fraction of sp³-hybridized carbons (Fsp3) is 0.714. The number of aryl methyl sites for hydroxylation is 1. The lowest BCUT2D eigenvalue weighted by atomic mass is 9.96. The van der Waals surface area contributed by atoms with Gasteiger partial charge in [-0.25, -0.2) is 9.97 Å². The molecule has 1 unspecified atom stereocenters. The summed E-state index contributed by atoms with van der Waals surface area (Å²) in [6, 6.07) is 0. The molecule has 3 rings (SSSR count). The molecule has 1 aliphatic heterocycles. The third-order valence-electron chi connectivity index (χ3n) is 3.69. The van der Waals surface area contributed by atoms with Crippen molar-refractivity contribution in [2.75, 3.05) is 18.5 Å². The quantitative estimate of drug-likeness (QED) is 0.903. The first kappa shape index (κ1) is 12.8. The van der Waals surface area contributed by atoms with Crippen molar-refractivity contribution in [2.24, 2.45) is 0 Å². The predicted octanol–water partition coefficient (Wildman–Crippen LogP) is 1.92. The monoisotopic (exact) mass is 263 g/mol. The Balaban J connectivity index is 1.64. The lowest BCUT2D eigenvalue weighted by Crippen LogP contribution is -2.26. The molecule has 1 saturated heterocycles. The summed E-state index contributed by atoms with van der Waals surface area (Å²) >= 11 is 0. The molecule has 0 spiro atoms. The lowest BCUT2D eigenvalue weighted by Gasteiger charge is -2.20. The van der Waals surface area contributed by atoms with E-state index in [0.29, 0.717) is 6.61 Å². The van der Waals surface area contributed by atoms with Crippen LogP contribution in [0.5, 0.6) is 0 Å². The van der Waals surface area contributed by atoms with Crippen LogP contribution in [0.4, 0.5) is 5.82 Å². The van der Waals surface area contributed by atoms with Crippen LogP contribution >= 0.6 is 0 Å². The zero-order valence-electron chi connectivity index (χ0n) is 11.6. The second kappa shape index (κ2) is 5.06. The van der Waals surface area contributed by atoms with E-state index in [0.717, 1.165) is 25.2 Å². The van der Waals surface area contributed by atoms with Crippen molar-refractivity contribution in [3.05, 3.63) is 17.6 Å². The molecule has 2 aliphatic rings. The smallest absolute Gasteiger partial charge is 0.163 e. The summed E-state index contributed by atoms with van der Waals surface area (Å²) in [5.74, 6) is 0.510. The Labute approximate surface area is 113 Å². The van der Waals surface area contributed by atoms with Gasteiger partial charge in [0.2, 0.25) is 0 Å². The highest BCUT2D eigenvalue weighted by molar-refractivity contribution is 5.47. The topological polar surface area (TPSA) is 56.3 Å². The number of ether oxygens (including phenoxy) is 2. The molecule has 2 heterocycles. The molecule has 1 fully saturated rings. The minimum Gasteiger partial charge on any atom is -0.367 e. The molecule has 0 aromatic carbocycles. The van der Waals surface area contributed by atoms with E-state index >= 15 is 0 Å². The molecule has 1 N–H and O–H groups in total. The van der Waals surface area contributed by atoms with Crippen LogP contribution in [0.15, 0.2) is 6.33 Å². The molecule has 0 bridgehead atoms. The average molecular weight is 263 g/mol. The van der Waals surface area contributed by atoms with Crippen LogP contribution in [-0.4, -0.2) is 35.0 Å². The van der Waals surface area contributed by atoms with E-state index in [1.807, 2.05) is 13.8 Å². The summed E-state index contributed by atoms with van der Waals surface area (Å²) in [6.45, 7) is 5.25. The van der Waals surface area contributed by atoms with Crippen molar-refractivity contribution < 1.29 is 9.47 Å². The van der Waals surface area contributed by atoms with Crippen LogP contribution in [0.25, 0.3) is 0 Å². The summed E-state index contributed by atoms with van der Waals surface area (Å²) in [5.41, 5.74) is 2.49. The SMILES string of the molecule is CC1(C)OCC(CNc2ncnc3c2CCCC3)O1. The maximum Gasteiger partial charge on any atom is 0.163 e. The molecule has 0 radical (unpaired) electrons. The Bertz CT molecular complexity index is 462. The van der Waals surface area contributed by atoms with E-state index < -0.39 is 5.79 Å². The fourth-order valence-corrected chi connectivity index (χ4v) is 2.75. The lowest BCUT2D eigenvalue weighted by molar-refractivity contribution is -0.136. The summed E-state index contributed by atoms with van der Waals surface area (Å²) in [4.78, 5) is 8.75. The normalized spacial score (nSPS) is 25.1. The largest absolute Gasteiger partial charge is 0.367 e. The van der Waals surface area contributed by atoms with Gasteiger partial charge >= 0.3 is 0 Å². The van der Waals surface area contributed by atoms with Crippen LogP contribution in [-0.2, 0) is 22.3 Å². The van der Waals surface area contributed by atoms with E-state index in [1.165, 1.54) is 24.1 Å². The third-order valence-corrected chi connectivity index (χ3v) is 3.69. The molecular weight excluding hydrogens is 242 g/mol. The van der Waals surface area contributed by atoms with E-state index in [9.17, 15) is 0 Å². The van der Waals surface area contributed by atoms with Gasteiger partial charge in [-0.3, -0.25) is 0 Å². The zero-order chi connectivity index (χ0) is 13.3. The van der Waals surface area contributed by atoms with Gasteiger partial charge in [-0.2, -0.15) is 0 Å². The number of nitrogens with one attached hydrogen (secondary N) is 1. The van der Waals surface area contributed by atoms with Crippen molar-refractivity contribution in [3.8, 4) is 0 Å². The van der Waals surface area contributed by atoms with Crippen molar-refractivity contribution in [3.63, 3.8) is 0 Å². The predicted molar refractivity (Wildman–Crippen MR) is 72.1 cm³/mol. The number of hydrogen-bond donors (Lipinski definition) is 1. The summed E-state index contributed by atoms with van der Waals surface area (Å²) in [7, 11) is 0. The molecule has 5 heteroatoms. The number of fused-ring (bicyclic) bond motifs is 1. The van der Waals surface area contributed by atoms with Crippen LogP contribution in [0.3, 0.4) is 0 Å². The van der Waals surface area contributed by atoms with Crippen molar-refractivity contribution in [1.29, 1.82) is 0 Å². The van der Waals surface area contributed by atoms with Gasteiger partial charge in [-0.05, 0) is 39.5 Å². The highest BCUT2D eigenvalue weighted by atomic mass is 16.7. The Hall–Kier alpha value is -1.20. The highest BCUT2D eigenvalue weighted by Crippen LogP contribution is 2.26. The van der Waals surface area contributed by atoms with Crippen molar-refractivity contribution in [2.45, 2.75) is 51.4 Å². The second-order valence-corrected chi connectivity index (χ2v) is 5.69. The maximum atomic E-state index is 5.79. The molecule has 104 valence electrons. The molecule has 1 aliphatic carbocycles. The van der Waals surface area contributed by atoms with Crippen LogP contribution in [0.1, 0.15) is 37.9 Å². The van der Waals surface area contributed by atoms with E-state index in [1.54, 1.807) is 6.33 Å². The molecular formula is C14H21N3O2. The fourth-order valence-electron chi connectivity index (χ4n) is 2.75. The number of nitrogens with zero attached hydrogens (tertiary/aromatic N) is 2. The van der Waals surface area contributed by atoms with Crippen molar-refractivity contribution >= 4 is 5.82 Å². The molecule has 19 heavy (non-hydrogen) atoms. The number of hydrogen-bond acceptors (Lipinski definition) is 5. The minimum absolute atomic E-state index is 0.0872. The molecule has 0 saturated carbocycles. The minimum atomic E-state index is -0.461. The van der Waals surface area contributed by atoms with Crippen molar-refractivity contribution in [1.82, 2.24) is 9.97 Å². The van der Waals surface area contributed by atoms with Gasteiger partial charge in [0.1, 0.15) is 18.2 Å². The third kappa shape index (κ3) is 2.87. The van der Waals surface area contributed by atoms with Gasteiger partial charge in [0, 0.05) is 17.8 Å². The Morgan fingerprint density at radius 2 is 2.16 bits per heavy atom. The first-order chi connectivity index (χ1) is 9.14. The first-order valence-electron chi connectivity index (χ1n) is 7.02. The average Bonchev–Trinajstić information content (AvgIpc) is 2.76. The first-order valence-corrected chi connectivity index (χ1v) is 7.02. The maximum absolute atomic E-state index is 5.79. The summed E-state index contributed by atoms with van der Waals surface area (Å²) in [5, 5.41) is 3.40. The number of anilines is 1. The van der Waals surface area contributed by atoms with Gasteiger partial charge in [-0.15, -0.1) is 0 Å². The van der Waals surface area contributed by atoms with Gasteiger partial charge in [0.15, 0.2) is 5.79 Å². The Kier molecular flexibility index (Phi) is 3.41. The molecule has 1 aromatic rings. The second-order valence-electron chi connectivity index (χ2n) is 5.69. The Morgan fingerprint density at radius 3 is 2.95 bits per heavy atom. The molecule has 0 amide bonds. The van der Waals surface area contributed by atoms with E-state index in [2.05, 4.69) is 15.3 Å². The van der Waals surface area contributed by atoms with E-state index in [4.69, 9.17) is 9.47 Å². The molecule has 1 aromatic heterocycles. The highest BCUT2D eigenvalue weighted by Gasteiger charge is 2.32. The van der Waals surface area contributed by atoms with Crippen LogP contribution in [0.2, 0.25) is 0 Å². The van der Waals surface area contributed by atoms with Gasteiger partial charge in [0.05, 0.1) is 6.61 Å².